The van der Waals surface area contributed by atoms with Gasteiger partial charge in [0.25, 0.3) is 0 Å². The van der Waals surface area contributed by atoms with E-state index in [9.17, 15) is 5.11 Å². The molecule has 0 saturated carbocycles. The first-order chi connectivity index (χ1) is 9.83. The number of nitrogens with zero attached hydrogens (tertiary/aromatic N) is 2. The molecule has 0 saturated heterocycles. The van der Waals surface area contributed by atoms with Crippen LogP contribution in [0.2, 0.25) is 0 Å². The Morgan fingerprint density at radius 1 is 0.950 bits per heavy atom. The van der Waals surface area contributed by atoms with Crippen molar-refractivity contribution in [3.8, 4) is 22.8 Å². The molecule has 20 heavy (non-hydrogen) atoms. The van der Waals surface area contributed by atoms with Gasteiger partial charge in [0.1, 0.15) is 29.5 Å². The summed E-state index contributed by atoms with van der Waals surface area (Å²) in [7, 11) is 0. The van der Waals surface area contributed by atoms with Crippen molar-refractivity contribution >= 4 is 0 Å². The molecule has 2 aromatic carbocycles. The first-order valence-corrected chi connectivity index (χ1v) is 6.11. The second-order valence-corrected chi connectivity index (χ2v) is 4.21. The average Bonchev–Trinajstić information content (AvgIpc) is 2.96. The molecule has 0 unspecified atom stereocenters. The molecule has 100 valence electrons. The predicted octanol–water partition coefficient (Wildman–Crippen LogP) is 3.02. The molecule has 1 N–H and O–H groups in total. The van der Waals surface area contributed by atoms with Crippen molar-refractivity contribution in [3.63, 3.8) is 0 Å². The van der Waals surface area contributed by atoms with E-state index >= 15 is 0 Å². The second kappa shape index (κ2) is 5.44. The fraction of sp³-hybridized carbons (Fsp3) is 0.0667. The van der Waals surface area contributed by atoms with Crippen LogP contribution in [0, 0.1) is 0 Å². The quantitative estimate of drug-likeness (QED) is 0.787. The molecule has 0 aliphatic carbocycles. The van der Waals surface area contributed by atoms with Gasteiger partial charge in [-0.15, -0.1) is 0 Å². The van der Waals surface area contributed by atoms with E-state index in [2.05, 4.69) is 10.3 Å². The van der Waals surface area contributed by atoms with Gasteiger partial charge in [-0.05, 0) is 29.4 Å². The Bertz CT molecular complexity index is 678. The second-order valence-electron chi connectivity index (χ2n) is 4.21. The average molecular weight is 268 g/mol. The van der Waals surface area contributed by atoms with Crippen molar-refractivity contribution in [3.05, 3.63) is 60.3 Å². The van der Waals surface area contributed by atoms with E-state index in [4.69, 9.17) is 9.37 Å². The summed E-state index contributed by atoms with van der Waals surface area (Å²) in [5, 5.41) is 17.0. The summed E-state index contributed by atoms with van der Waals surface area (Å²) in [6.07, 6.45) is 0. The summed E-state index contributed by atoms with van der Waals surface area (Å²) in [5.74, 6) is 0.843. The largest absolute Gasteiger partial charge is 0.508 e. The van der Waals surface area contributed by atoms with Gasteiger partial charge in [0.15, 0.2) is 0 Å². The van der Waals surface area contributed by atoms with Gasteiger partial charge in [-0.25, -0.2) is 4.63 Å². The maximum atomic E-state index is 9.21. The molecule has 1 aromatic heterocycles. The number of ether oxygens (including phenoxy) is 1. The SMILES string of the molecule is Oc1ccc(OCc2nonc2-c2ccccc2)cc1. The van der Waals surface area contributed by atoms with E-state index in [-0.39, 0.29) is 12.4 Å². The number of hydrogen-bond donors (Lipinski definition) is 1. The highest BCUT2D eigenvalue weighted by atomic mass is 16.6. The highest BCUT2D eigenvalue weighted by Crippen LogP contribution is 2.22. The first-order valence-electron chi connectivity index (χ1n) is 6.11. The van der Waals surface area contributed by atoms with E-state index in [1.54, 1.807) is 24.3 Å². The van der Waals surface area contributed by atoms with Crippen LogP contribution in [0.5, 0.6) is 11.5 Å². The molecule has 0 atom stereocenters. The lowest BCUT2D eigenvalue weighted by Crippen LogP contribution is -1.97. The molecule has 3 aromatic rings. The van der Waals surface area contributed by atoms with E-state index in [0.29, 0.717) is 17.1 Å². The van der Waals surface area contributed by atoms with Crippen molar-refractivity contribution in [2.45, 2.75) is 6.61 Å². The van der Waals surface area contributed by atoms with Gasteiger partial charge in [0.2, 0.25) is 0 Å². The summed E-state index contributed by atoms with van der Waals surface area (Å²) in [4.78, 5) is 0. The third kappa shape index (κ3) is 2.61. The number of aromatic nitrogens is 2. The number of hydrogen-bond acceptors (Lipinski definition) is 5. The lowest BCUT2D eigenvalue weighted by molar-refractivity contribution is 0.270. The molecular formula is C15H12N2O3. The summed E-state index contributed by atoms with van der Waals surface area (Å²) in [5.41, 5.74) is 2.23. The molecular weight excluding hydrogens is 256 g/mol. The number of phenols is 1. The maximum absolute atomic E-state index is 9.21. The highest BCUT2D eigenvalue weighted by Gasteiger charge is 2.12. The van der Waals surface area contributed by atoms with Crippen molar-refractivity contribution < 1.29 is 14.5 Å². The minimum atomic E-state index is 0.199. The predicted molar refractivity (Wildman–Crippen MR) is 72.2 cm³/mol. The molecule has 0 bridgehead atoms. The van der Waals surface area contributed by atoms with Crippen LogP contribution in [0.4, 0.5) is 0 Å². The van der Waals surface area contributed by atoms with Crippen LogP contribution < -0.4 is 4.74 Å². The number of aromatic hydroxyl groups is 1. The third-order valence-electron chi connectivity index (χ3n) is 2.82. The van der Waals surface area contributed by atoms with Crippen LogP contribution >= 0.6 is 0 Å². The van der Waals surface area contributed by atoms with Crippen LogP contribution in [0.15, 0.2) is 59.2 Å². The number of benzene rings is 2. The normalized spacial score (nSPS) is 10.4. The minimum Gasteiger partial charge on any atom is -0.508 e. The summed E-state index contributed by atoms with van der Waals surface area (Å²) >= 11 is 0. The molecule has 1 heterocycles. The van der Waals surface area contributed by atoms with E-state index < -0.39 is 0 Å². The molecule has 0 fully saturated rings. The van der Waals surface area contributed by atoms with Crippen molar-refractivity contribution in [1.82, 2.24) is 10.3 Å². The molecule has 0 radical (unpaired) electrons. The smallest absolute Gasteiger partial charge is 0.150 e. The fourth-order valence-electron chi connectivity index (χ4n) is 1.81. The van der Waals surface area contributed by atoms with Crippen LogP contribution in [-0.2, 0) is 6.61 Å². The van der Waals surface area contributed by atoms with Gasteiger partial charge in [-0.1, -0.05) is 35.5 Å². The van der Waals surface area contributed by atoms with Crippen molar-refractivity contribution in [1.29, 1.82) is 0 Å². The molecule has 5 heteroatoms. The lowest BCUT2D eigenvalue weighted by Gasteiger charge is -2.04. The zero-order chi connectivity index (χ0) is 13.8. The zero-order valence-corrected chi connectivity index (χ0v) is 10.6. The number of rotatable bonds is 4. The Morgan fingerprint density at radius 2 is 1.70 bits per heavy atom. The van der Waals surface area contributed by atoms with E-state index in [1.165, 1.54) is 0 Å². The summed E-state index contributed by atoms with van der Waals surface area (Å²) in [6, 6.07) is 16.2. The fourth-order valence-corrected chi connectivity index (χ4v) is 1.81. The Labute approximate surface area is 115 Å². The number of phenolic OH excluding ortho intramolecular Hbond substituents is 1. The molecule has 0 aliphatic heterocycles. The maximum Gasteiger partial charge on any atom is 0.150 e. The van der Waals surface area contributed by atoms with Crippen LogP contribution in [0.3, 0.4) is 0 Å². The standard InChI is InChI=1S/C15H12N2O3/c18-12-6-8-13(9-7-12)19-10-14-15(17-20-16-14)11-4-2-1-3-5-11/h1-9,18H,10H2. The van der Waals surface area contributed by atoms with E-state index in [1.807, 2.05) is 30.3 Å². The third-order valence-corrected chi connectivity index (χ3v) is 2.82. The van der Waals surface area contributed by atoms with Gasteiger partial charge >= 0.3 is 0 Å². The topological polar surface area (TPSA) is 68.4 Å². The monoisotopic (exact) mass is 268 g/mol. The lowest BCUT2D eigenvalue weighted by atomic mass is 10.1. The van der Waals surface area contributed by atoms with Gasteiger partial charge in [-0.3, -0.25) is 0 Å². The first kappa shape index (κ1) is 12.2. The van der Waals surface area contributed by atoms with Gasteiger partial charge < -0.3 is 9.84 Å². The van der Waals surface area contributed by atoms with Crippen LogP contribution in [0.1, 0.15) is 5.69 Å². The Kier molecular flexibility index (Phi) is 3.33. The van der Waals surface area contributed by atoms with Crippen LogP contribution in [0.25, 0.3) is 11.3 Å². The summed E-state index contributed by atoms with van der Waals surface area (Å²) < 4.78 is 10.4. The molecule has 3 rings (SSSR count). The Balaban J connectivity index is 1.76. The molecule has 0 aliphatic rings. The van der Waals surface area contributed by atoms with Crippen molar-refractivity contribution in [2.24, 2.45) is 0 Å². The van der Waals surface area contributed by atoms with E-state index in [0.717, 1.165) is 5.56 Å². The molecule has 0 amide bonds. The highest BCUT2D eigenvalue weighted by molar-refractivity contribution is 5.60. The molecule has 5 nitrogen and oxygen atoms in total. The zero-order valence-electron chi connectivity index (χ0n) is 10.6. The minimum absolute atomic E-state index is 0.199. The van der Waals surface area contributed by atoms with Crippen LogP contribution in [-0.4, -0.2) is 15.4 Å². The van der Waals surface area contributed by atoms with Gasteiger partial charge in [0.05, 0.1) is 0 Å². The Morgan fingerprint density at radius 3 is 2.45 bits per heavy atom. The molecule has 0 spiro atoms. The Hall–Kier alpha value is -2.82. The summed E-state index contributed by atoms with van der Waals surface area (Å²) in [6.45, 7) is 0.249. The van der Waals surface area contributed by atoms with Gasteiger partial charge in [0, 0.05) is 5.56 Å². The van der Waals surface area contributed by atoms with Gasteiger partial charge in [-0.2, -0.15) is 0 Å². The van der Waals surface area contributed by atoms with Crippen molar-refractivity contribution in [2.75, 3.05) is 0 Å².